The van der Waals surface area contributed by atoms with Crippen LogP contribution in [0.1, 0.15) is 17.5 Å². The van der Waals surface area contributed by atoms with Crippen molar-refractivity contribution in [3.05, 3.63) is 29.8 Å². The first-order valence-corrected chi connectivity index (χ1v) is 8.98. The number of H-pyrrole nitrogens is 1. The smallest absolute Gasteiger partial charge is 0.207 e. The van der Waals surface area contributed by atoms with Crippen LogP contribution in [-0.2, 0) is 11.2 Å². The van der Waals surface area contributed by atoms with Gasteiger partial charge in [-0.2, -0.15) is 0 Å². The minimum atomic E-state index is -1.27. The Morgan fingerprint density at radius 3 is 2.82 bits per heavy atom. The summed E-state index contributed by atoms with van der Waals surface area (Å²) in [5.74, 6) is 0.569. The molecule has 0 unspecified atom stereocenters. The van der Waals surface area contributed by atoms with E-state index >= 15 is 0 Å². The summed E-state index contributed by atoms with van der Waals surface area (Å²) in [4.78, 5) is 15.8. The van der Waals surface area contributed by atoms with Crippen LogP contribution >= 0.6 is 0 Å². The second kappa shape index (κ2) is 7.36. The molecule has 3 aromatic heterocycles. The van der Waals surface area contributed by atoms with Crippen LogP contribution in [0.3, 0.4) is 0 Å². The number of aryl methyl sites for hydroxylation is 1. The van der Waals surface area contributed by atoms with Gasteiger partial charge in [-0.25, -0.2) is 15.0 Å². The second-order valence-corrected chi connectivity index (χ2v) is 6.78. The van der Waals surface area contributed by atoms with E-state index in [4.69, 9.17) is 10.5 Å². The number of hydrogen-bond donors (Lipinski definition) is 6. The largest absolute Gasteiger partial charge is 0.394 e. The Hall–Kier alpha value is -2.73. The van der Waals surface area contributed by atoms with E-state index in [0.717, 1.165) is 17.7 Å². The van der Waals surface area contributed by atoms with Crippen LogP contribution in [0.4, 0.5) is 11.8 Å². The van der Waals surface area contributed by atoms with Gasteiger partial charge in [0.2, 0.25) is 5.95 Å². The SMILES string of the molecule is Cc1cc[nH]c1CCNc1nc2c(N)ncnc2n1[C@@H]1O[C@H](CO)[C@@H](O)[C@H]1O. The molecule has 4 heterocycles. The van der Waals surface area contributed by atoms with Crippen molar-refractivity contribution >= 4 is 22.9 Å². The Balaban J connectivity index is 1.67. The molecule has 3 aromatic rings. The molecule has 0 saturated carbocycles. The number of nitrogens with one attached hydrogen (secondary N) is 2. The summed E-state index contributed by atoms with van der Waals surface area (Å²) in [5.41, 5.74) is 8.91. The van der Waals surface area contributed by atoms with Crippen molar-refractivity contribution in [1.29, 1.82) is 0 Å². The molecule has 4 rings (SSSR count). The molecular formula is C17H23N7O4. The van der Waals surface area contributed by atoms with Crippen LogP contribution in [0.25, 0.3) is 11.2 Å². The van der Waals surface area contributed by atoms with E-state index in [1.54, 1.807) is 4.57 Å². The van der Waals surface area contributed by atoms with Crippen molar-refractivity contribution in [2.75, 3.05) is 24.2 Å². The fourth-order valence-corrected chi connectivity index (χ4v) is 3.44. The highest BCUT2D eigenvalue weighted by molar-refractivity contribution is 5.84. The van der Waals surface area contributed by atoms with Crippen LogP contribution in [0.5, 0.6) is 0 Å². The number of aliphatic hydroxyl groups is 3. The average molecular weight is 389 g/mol. The van der Waals surface area contributed by atoms with E-state index in [0.29, 0.717) is 23.7 Å². The molecule has 1 aliphatic rings. The third-order valence-electron chi connectivity index (χ3n) is 5.00. The summed E-state index contributed by atoms with van der Waals surface area (Å²) in [7, 11) is 0. The standard InChI is InChI=1S/C17H23N7O4/c1-8-2-4-19-9(8)3-5-20-17-23-11-14(18)21-7-22-15(11)24(17)16-13(27)12(26)10(6-25)28-16/h2,4,7,10,12-13,16,19,25-27H,3,5-6H2,1H3,(H,20,23)(H2,18,21,22)/t10-,12-,13-,16-/m1/s1. The molecule has 0 aliphatic carbocycles. The molecule has 0 radical (unpaired) electrons. The number of ether oxygens (including phenoxy) is 1. The van der Waals surface area contributed by atoms with E-state index in [1.165, 1.54) is 6.33 Å². The van der Waals surface area contributed by atoms with Crippen molar-refractivity contribution in [2.24, 2.45) is 0 Å². The van der Waals surface area contributed by atoms with E-state index < -0.39 is 31.1 Å². The molecule has 0 bridgehead atoms. The maximum absolute atomic E-state index is 10.5. The number of nitrogen functional groups attached to an aromatic ring is 1. The van der Waals surface area contributed by atoms with Crippen LogP contribution in [0.2, 0.25) is 0 Å². The van der Waals surface area contributed by atoms with E-state index in [1.807, 2.05) is 19.2 Å². The van der Waals surface area contributed by atoms with Crippen molar-refractivity contribution < 1.29 is 20.1 Å². The molecule has 4 atom stereocenters. The molecule has 11 heteroatoms. The van der Waals surface area contributed by atoms with Crippen molar-refractivity contribution in [3.8, 4) is 0 Å². The number of rotatable bonds is 6. The molecular weight excluding hydrogens is 366 g/mol. The number of aromatic nitrogens is 5. The first kappa shape index (κ1) is 18.6. The van der Waals surface area contributed by atoms with Crippen LogP contribution in [0, 0.1) is 6.92 Å². The number of nitrogens with two attached hydrogens (primary N) is 1. The van der Waals surface area contributed by atoms with Crippen LogP contribution in [-0.4, -0.2) is 71.3 Å². The topological polar surface area (TPSA) is 167 Å². The second-order valence-electron chi connectivity index (χ2n) is 6.78. The molecule has 11 nitrogen and oxygen atoms in total. The Labute approximate surface area is 160 Å². The van der Waals surface area contributed by atoms with E-state index in [-0.39, 0.29) is 5.82 Å². The van der Waals surface area contributed by atoms with E-state index in [2.05, 4.69) is 25.3 Å². The lowest BCUT2D eigenvalue weighted by Crippen LogP contribution is -2.33. The van der Waals surface area contributed by atoms with Gasteiger partial charge in [-0.1, -0.05) is 0 Å². The maximum atomic E-state index is 10.5. The lowest BCUT2D eigenvalue weighted by molar-refractivity contribution is -0.0501. The van der Waals surface area contributed by atoms with Crippen molar-refractivity contribution in [3.63, 3.8) is 0 Å². The third-order valence-corrected chi connectivity index (χ3v) is 5.00. The first-order chi connectivity index (χ1) is 13.5. The zero-order valence-electron chi connectivity index (χ0n) is 15.3. The molecule has 0 amide bonds. The maximum Gasteiger partial charge on any atom is 0.207 e. The molecule has 150 valence electrons. The van der Waals surface area contributed by atoms with Gasteiger partial charge in [0.1, 0.15) is 24.6 Å². The lowest BCUT2D eigenvalue weighted by atomic mass is 10.1. The van der Waals surface area contributed by atoms with Gasteiger partial charge in [-0.3, -0.25) is 4.57 Å². The summed E-state index contributed by atoms with van der Waals surface area (Å²) in [6.45, 7) is 2.15. The summed E-state index contributed by atoms with van der Waals surface area (Å²) in [6, 6.07) is 2.00. The van der Waals surface area contributed by atoms with Crippen molar-refractivity contribution in [1.82, 2.24) is 24.5 Å². The first-order valence-electron chi connectivity index (χ1n) is 8.98. The quantitative estimate of drug-likeness (QED) is 0.320. The lowest BCUT2D eigenvalue weighted by Gasteiger charge is -2.19. The van der Waals surface area contributed by atoms with Gasteiger partial charge in [0.05, 0.1) is 6.61 Å². The van der Waals surface area contributed by atoms with Gasteiger partial charge in [0.25, 0.3) is 0 Å². The summed E-state index contributed by atoms with van der Waals surface area (Å²) >= 11 is 0. The minimum Gasteiger partial charge on any atom is -0.394 e. The zero-order chi connectivity index (χ0) is 19.8. The van der Waals surface area contributed by atoms with Gasteiger partial charge < -0.3 is 36.1 Å². The zero-order valence-corrected chi connectivity index (χ0v) is 15.3. The predicted molar refractivity (Wildman–Crippen MR) is 100 cm³/mol. The summed E-state index contributed by atoms with van der Waals surface area (Å²) in [6.07, 6.45) is -0.497. The molecule has 1 aliphatic heterocycles. The fraction of sp³-hybridized carbons (Fsp3) is 0.471. The molecule has 1 fully saturated rings. The number of imidazole rings is 1. The fourth-order valence-electron chi connectivity index (χ4n) is 3.44. The molecule has 1 saturated heterocycles. The molecule has 7 N–H and O–H groups in total. The normalized spacial score (nSPS) is 24.9. The Kier molecular flexibility index (Phi) is 4.89. The predicted octanol–water partition coefficient (Wildman–Crippen LogP) is -0.689. The van der Waals surface area contributed by atoms with Gasteiger partial charge in [0, 0.05) is 24.9 Å². The van der Waals surface area contributed by atoms with Gasteiger partial charge in [0.15, 0.2) is 23.2 Å². The number of nitrogens with zero attached hydrogens (tertiary/aromatic N) is 4. The van der Waals surface area contributed by atoms with Crippen LogP contribution in [0.15, 0.2) is 18.6 Å². The summed E-state index contributed by atoms with van der Waals surface area (Å²) in [5, 5.41) is 33.2. The van der Waals surface area contributed by atoms with E-state index in [9.17, 15) is 15.3 Å². The number of anilines is 2. The Morgan fingerprint density at radius 2 is 2.14 bits per heavy atom. The molecule has 0 aromatic carbocycles. The average Bonchev–Trinajstić information content (AvgIpc) is 3.34. The minimum absolute atomic E-state index is 0.193. The summed E-state index contributed by atoms with van der Waals surface area (Å²) < 4.78 is 7.21. The third kappa shape index (κ3) is 3.07. The Morgan fingerprint density at radius 1 is 1.32 bits per heavy atom. The Bertz CT molecular complexity index is 972. The highest BCUT2D eigenvalue weighted by atomic mass is 16.6. The molecule has 28 heavy (non-hydrogen) atoms. The number of hydrogen-bond acceptors (Lipinski definition) is 9. The monoisotopic (exact) mass is 389 g/mol. The molecule has 0 spiro atoms. The van der Waals surface area contributed by atoms with Gasteiger partial charge in [-0.15, -0.1) is 0 Å². The highest BCUT2D eigenvalue weighted by Gasteiger charge is 2.45. The number of fused-ring (bicyclic) bond motifs is 1. The van der Waals surface area contributed by atoms with Crippen LogP contribution < -0.4 is 11.1 Å². The number of aromatic amines is 1. The number of aliphatic hydroxyl groups excluding tert-OH is 3. The van der Waals surface area contributed by atoms with Gasteiger partial charge >= 0.3 is 0 Å². The highest BCUT2D eigenvalue weighted by Crippen LogP contribution is 2.35. The van der Waals surface area contributed by atoms with Crippen molar-refractivity contribution in [2.45, 2.75) is 37.9 Å². The van der Waals surface area contributed by atoms with Gasteiger partial charge in [-0.05, 0) is 18.6 Å².